The predicted molar refractivity (Wildman–Crippen MR) is 104 cm³/mol. The molecule has 1 unspecified atom stereocenters. The molecule has 4 rings (SSSR count). The number of fused-ring (bicyclic) bond motifs is 1. The number of thioether (sulfide) groups is 1. The molecule has 1 aliphatic heterocycles. The number of aromatic nitrogens is 2. The largest absolute Gasteiger partial charge is 0.333 e. The van der Waals surface area contributed by atoms with Crippen molar-refractivity contribution in [2.45, 2.75) is 17.4 Å². The quantitative estimate of drug-likeness (QED) is 0.662. The number of hydrogen-bond donors (Lipinski definition) is 0. The Kier molecular flexibility index (Phi) is 4.55. The number of benzene rings is 2. The zero-order valence-electron chi connectivity index (χ0n) is 14.9. The second-order valence-corrected chi connectivity index (χ2v) is 7.50. The minimum atomic E-state index is 0.0873. The van der Waals surface area contributed by atoms with Crippen LogP contribution in [0.2, 0.25) is 0 Å². The van der Waals surface area contributed by atoms with Gasteiger partial charge in [-0.25, -0.2) is 0 Å². The third-order valence-electron chi connectivity index (χ3n) is 4.93. The van der Waals surface area contributed by atoms with Crippen molar-refractivity contribution >= 4 is 17.7 Å². The number of carbonyl (C=O) groups is 1. The van der Waals surface area contributed by atoms with Gasteiger partial charge in [0.1, 0.15) is 0 Å². The number of amides is 1. The second kappa shape index (κ2) is 7.00. The highest BCUT2D eigenvalue weighted by Gasteiger charge is 2.30. The summed E-state index contributed by atoms with van der Waals surface area (Å²) in [6.45, 7) is 1.32. The molecule has 0 saturated heterocycles. The van der Waals surface area contributed by atoms with Gasteiger partial charge in [0, 0.05) is 42.7 Å². The van der Waals surface area contributed by atoms with Crippen LogP contribution in [0, 0.1) is 0 Å². The fourth-order valence-corrected chi connectivity index (χ4v) is 4.06. The molecule has 0 saturated carbocycles. The molecule has 1 aromatic heterocycles. The van der Waals surface area contributed by atoms with Gasteiger partial charge in [0.05, 0.1) is 6.20 Å². The van der Waals surface area contributed by atoms with Crippen molar-refractivity contribution in [3.05, 3.63) is 83.2 Å². The Bertz CT molecular complexity index is 950. The molecule has 1 amide bonds. The van der Waals surface area contributed by atoms with E-state index in [2.05, 4.69) is 23.3 Å². The van der Waals surface area contributed by atoms with Crippen LogP contribution in [0.1, 0.15) is 33.0 Å². The second-order valence-electron chi connectivity index (χ2n) is 6.62. The molecule has 0 fully saturated rings. The van der Waals surface area contributed by atoms with Gasteiger partial charge >= 0.3 is 0 Å². The lowest BCUT2D eigenvalue weighted by molar-refractivity contribution is 0.0724. The van der Waals surface area contributed by atoms with E-state index in [-0.39, 0.29) is 11.8 Å². The van der Waals surface area contributed by atoms with E-state index in [1.165, 1.54) is 11.1 Å². The highest BCUT2D eigenvalue weighted by atomic mass is 32.2. The van der Waals surface area contributed by atoms with Crippen LogP contribution in [-0.4, -0.2) is 33.4 Å². The van der Waals surface area contributed by atoms with Crippen LogP contribution < -0.4 is 0 Å². The summed E-state index contributed by atoms with van der Waals surface area (Å²) in [4.78, 5) is 16.2. The number of rotatable bonds is 3. The molecular formula is C21H21N3OS. The standard InChI is InChI=1S/C21H21N3OS/c1-23-12-17(11-22-23)20-14-24(13-16-6-3-4-9-19(16)20)21(25)15-7-5-8-18(10-15)26-2/h3-12,20H,13-14H2,1-2H3. The van der Waals surface area contributed by atoms with Gasteiger partial charge in [-0.3, -0.25) is 9.48 Å². The van der Waals surface area contributed by atoms with Crippen molar-refractivity contribution in [2.75, 3.05) is 12.8 Å². The van der Waals surface area contributed by atoms with E-state index in [4.69, 9.17) is 0 Å². The van der Waals surface area contributed by atoms with Gasteiger partial charge in [0.2, 0.25) is 0 Å². The molecule has 132 valence electrons. The summed E-state index contributed by atoms with van der Waals surface area (Å²) < 4.78 is 1.82. The first kappa shape index (κ1) is 16.9. The maximum absolute atomic E-state index is 13.2. The molecular weight excluding hydrogens is 342 g/mol. The molecule has 4 nitrogen and oxygen atoms in total. The van der Waals surface area contributed by atoms with E-state index in [0.717, 1.165) is 16.0 Å². The van der Waals surface area contributed by atoms with Crippen molar-refractivity contribution in [3.8, 4) is 0 Å². The first-order valence-corrected chi connectivity index (χ1v) is 9.88. The summed E-state index contributed by atoms with van der Waals surface area (Å²) in [7, 11) is 1.93. The Labute approximate surface area is 157 Å². The predicted octanol–water partition coefficient (Wildman–Crippen LogP) is 3.93. The normalized spacial score (nSPS) is 16.4. The van der Waals surface area contributed by atoms with Crippen molar-refractivity contribution in [1.29, 1.82) is 0 Å². The van der Waals surface area contributed by atoms with Crippen LogP contribution in [0.25, 0.3) is 0 Å². The molecule has 5 heteroatoms. The Hall–Kier alpha value is -2.53. The molecule has 0 N–H and O–H groups in total. The lowest BCUT2D eigenvalue weighted by atomic mass is 9.86. The summed E-state index contributed by atoms with van der Waals surface area (Å²) >= 11 is 1.65. The summed E-state index contributed by atoms with van der Waals surface area (Å²) in [6, 6.07) is 16.3. The zero-order chi connectivity index (χ0) is 18.1. The molecule has 2 aromatic carbocycles. The Balaban J connectivity index is 1.69. The highest BCUT2D eigenvalue weighted by Crippen LogP contribution is 2.34. The van der Waals surface area contributed by atoms with Crippen molar-refractivity contribution in [1.82, 2.24) is 14.7 Å². The molecule has 0 radical (unpaired) electrons. The SMILES string of the molecule is CSc1cccc(C(=O)N2Cc3ccccc3C(c3cnn(C)c3)C2)c1. The van der Waals surface area contributed by atoms with E-state index >= 15 is 0 Å². The first-order chi connectivity index (χ1) is 12.7. The third-order valence-corrected chi connectivity index (χ3v) is 5.65. The van der Waals surface area contributed by atoms with Gasteiger partial charge in [-0.15, -0.1) is 11.8 Å². The Morgan fingerprint density at radius 3 is 2.81 bits per heavy atom. The van der Waals surface area contributed by atoms with Gasteiger partial charge in [0.15, 0.2) is 0 Å². The smallest absolute Gasteiger partial charge is 0.254 e. The minimum Gasteiger partial charge on any atom is -0.333 e. The topological polar surface area (TPSA) is 38.1 Å². The monoisotopic (exact) mass is 363 g/mol. The summed E-state index contributed by atoms with van der Waals surface area (Å²) in [5.41, 5.74) is 4.40. The maximum atomic E-state index is 13.2. The molecule has 26 heavy (non-hydrogen) atoms. The van der Waals surface area contributed by atoms with Crippen molar-refractivity contribution < 1.29 is 4.79 Å². The molecule has 0 bridgehead atoms. The van der Waals surface area contributed by atoms with Gasteiger partial charge in [-0.05, 0) is 41.1 Å². The van der Waals surface area contributed by atoms with Gasteiger partial charge in [-0.2, -0.15) is 5.10 Å². The number of aryl methyl sites for hydroxylation is 1. The molecule has 0 aliphatic carbocycles. The maximum Gasteiger partial charge on any atom is 0.254 e. The average molecular weight is 363 g/mol. The minimum absolute atomic E-state index is 0.0873. The number of nitrogens with zero attached hydrogens (tertiary/aromatic N) is 3. The van der Waals surface area contributed by atoms with Gasteiger partial charge in [-0.1, -0.05) is 30.3 Å². The lowest BCUT2D eigenvalue weighted by Crippen LogP contribution is -2.38. The summed E-state index contributed by atoms with van der Waals surface area (Å²) in [5, 5.41) is 4.33. The van der Waals surface area contributed by atoms with Gasteiger partial charge in [0.25, 0.3) is 5.91 Å². The van der Waals surface area contributed by atoms with E-state index < -0.39 is 0 Å². The van der Waals surface area contributed by atoms with Crippen LogP contribution in [0.5, 0.6) is 0 Å². The van der Waals surface area contributed by atoms with Crippen LogP contribution in [0.15, 0.2) is 65.8 Å². The molecule has 3 aromatic rings. The zero-order valence-corrected chi connectivity index (χ0v) is 15.7. The van der Waals surface area contributed by atoms with Crippen molar-refractivity contribution in [2.24, 2.45) is 7.05 Å². The van der Waals surface area contributed by atoms with E-state index in [1.54, 1.807) is 11.8 Å². The van der Waals surface area contributed by atoms with Crippen LogP contribution in [-0.2, 0) is 13.6 Å². The van der Waals surface area contributed by atoms with Crippen LogP contribution in [0.3, 0.4) is 0 Å². The van der Waals surface area contributed by atoms with E-state index in [1.807, 2.05) is 65.6 Å². The summed E-state index contributed by atoms with van der Waals surface area (Å²) in [5.74, 6) is 0.241. The van der Waals surface area contributed by atoms with Crippen LogP contribution >= 0.6 is 11.8 Å². The highest BCUT2D eigenvalue weighted by molar-refractivity contribution is 7.98. The molecule has 1 aliphatic rings. The van der Waals surface area contributed by atoms with Crippen molar-refractivity contribution in [3.63, 3.8) is 0 Å². The first-order valence-electron chi connectivity index (χ1n) is 8.65. The molecule has 1 atom stereocenters. The Morgan fingerprint density at radius 2 is 2.04 bits per heavy atom. The van der Waals surface area contributed by atoms with E-state index in [9.17, 15) is 4.79 Å². The lowest BCUT2D eigenvalue weighted by Gasteiger charge is -2.34. The van der Waals surface area contributed by atoms with E-state index in [0.29, 0.717) is 13.1 Å². The summed E-state index contributed by atoms with van der Waals surface area (Å²) in [6.07, 6.45) is 5.98. The average Bonchev–Trinajstić information content (AvgIpc) is 3.12. The molecule has 0 spiro atoms. The number of carbonyl (C=O) groups excluding carboxylic acids is 1. The third kappa shape index (κ3) is 3.15. The van der Waals surface area contributed by atoms with Crippen LogP contribution in [0.4, 0.5) is 0 Å². The van der Waals surface area contributed by atoms with Gasteiger partial charge < -0.3 is 4.90 Å². The molecule has 2 heterocycles. The Morgan fingerprint density at radius 1 is 1.19 bits per heavy atom. The fourth-order valence-electron chi connectivity index (χ4n) is 3.61. The fraction of sp³-hybridized carbons (Fsp3) is 0.238. The number of hydrogen-bond acceptors (Lipinski definition) is 3.